The van der Waals surface area contributed by atoms with Gasteiger partial charge >= 0.3 is 0 Å². The topological polar surface area (TPSA) is 48.5 Å². The van der Waals surface area contributed by atoms with Gasteiger partial charge in [0.05, 0.1) is 27.8 Å². The molecule has 0 radical (unpaired) electrons. The maximum absolute atomic E-state index is 5.13. The zero-order valence-electron chi connectivity index (χ0n) is 31.1. The van der Waals surface area contributed by atoms with E-state index in [1.165, 1.54) is 71.2 Å². The lowest BCUT2D eigenvalue weighted by atomic mass is 9.98. The van der Waals surface area contributed by atoms with Crippen LogP contribution < -0.4 is 0 Å². The summed E-state index contributed by atoms with van der Waals surface area (Å²) in [6.07, 6.45) is 0. The summed E-state index contributed by atoms with van der Waals surface area (Å²) in [5, 5.41) is 9.97. The van der Waals surface area contributed by atoms with E-state index in [0.29, 0.717) is 17.5 Å². The van der Waals surface area contributed by atoms with Crippen LogP contribution in [0.4, 0.5) is 0 Å². The van der Waals surface area contributed by atoms with Crippen LogP contribution in [0.15, 0.2) is 188 Å². The van der Waals surface area contributed by atoms with E-state index in [4.69, 9.17) is 15.0 Å². The lowest BCUT2D eigenvalue weighted by Gasteiger charge is -2.15. The highest BCUT2D eigenvalue weighted by molar-refractivity contribution is 6.38. The number of nitrogens with zero attached hydrogens (tertiary/aromatic N) is 5. The molecule has 58 heavy (non-hydrogen) atoms. The van der Waals surface area contributed by atoms with Gasteiger partial charge in [0.1, 0.15) is 0 Å². The molecule has 0 N–H and O–H groups in total. The van der Waals surface area contributed by atoms with Crippen LogP contribution in [-0.4, -0.2) is 24.1 Å². The second-order valence-corrected chi connectivity index (χ2v) is 15.1. The van der Waals surface area contributed by atoms with Crippen LogP contribution >= 0.6 is 0 Å². The number of rotatable bonds is 5. The molecular weight excluding hydrogens is 707 g/mol. The summed E-state index contributed by atoms with van der Waals surface area (Å²) in [6, 6.07) is 67.1. The van der Waals surface area contributed by atoms with Gasteiger partial charge in [-0.15, -0.1) is 0 Å². The second kappa shape index (κ2) is 11.8. The third kappa shape index (κ3) is 4.27. The largest absolute Gasteiger partial charge is 0.309 e. The van der Waals surface area contributed by atoms with E-state index in [2.05, 4.69) is 161 Å². The zero-order valence-corrected chi connectivity index (χ0v) is 31.1. The molecule has 12 aromatic rings. The standard InChI is InChI=1S/C53H31N5/c1-4-14-33(15-5-1)51-54-52(34-16-6-2-7-17-34)56-53(55-51)40-24-10-21-37-36(40)20-11-25-41(37)58-43-27-13-23-39-38-22-12-26-42-47(38)49-44(57(42)35-18-8-3-9-19-35)30-28-32-29-31-45(58)50(46(32)49)48(39)43/h1-31H. The maximum atomic E-state index is 5.13. The minimum atomic E-state index is 0.645. The van der Waals surface area contributed by atoms with Gasteiger partial charge in [-0.1, -0.05) is 146 Å². The van der Waals surface area contributed by atoms with E-state index in [0.717, 1.165) is 33.2 Å². The van der Waals surface area contributed by atoms with Crippen molar-refractivity contribution in [1.82, 2.24) is 24.1 Å². The van der Waals surface area contributed by atoms with E-state index in [1.54, 1.807) is 0 Å². The van der Waals surface area contributed by atoms with E-state index < -0.39 is 0 Å². The average molecular weight is 738 g/mol. The second-order valence-electron chi connectivity index (χ2n) is 15.1. The van der Waals surface area contributed by atoms with E-state index >= 15 is 0 Å². The molecule has 0 spiro atoms. The molecule has 5 nitrogen and oxygen atoms in total. The summed E-state index contributed by atoms with van der Waals surface area (Å²) in [5.74, 6) is 1.94. The van der Waals surface area contributed by atoms with E-state index in [-0.39, 0.29) is 0 Å². The third-order valence-corrected chi connectivity index (χ3v) is 12.1. The lowest BCUT2D eigenvalue weighted by molar-refractivity contribution is 1.08. The maximum Gasteiger partial charge on any atom is 0.164 e. The van der Waals surface area contributed by atoms with Crippen molar-refractivity contribution in [3.8, 4) is 56.7 Å². The quantitative estimate of drug-likeness (QED) is 0.177. The predicted octanol–water partition coefficient (Wildman–Crippen LogP) is 13.4. The van der Waals surface area contributed by atoms with Gasteiger partial charge in [-0.05, 0) is 64.4 Å². The summed E-state index contributed by atoms with van der Waals surface area (Å²) in [4.78, 5) is 15.2. The molecule has 9 aromatic carbocycles. The number of para-hydroxylation sites is 1. The summed E-state index contributed by atoms with van der Waals surface area (Å²) >= 11 is 0. The number of aromatic nitrogens is 5. The summed E-state index contributed by atoms with van der Waals surface area (Å²) in [7, 11) is 0. The fourth-order valence-corrected chi connectivity index (χ4v) is 9.69. The first-order chi connectivity index (χ1) is 28.8. The molecule has 0 fully saturated rings. The smallest absolute Gasteiger partial charge is 0.164 e. The van der Waals surface area contributed by atoms with E-state index in [9.17, 15) is 0 Å². The Hall–Kier alpha value is -7.89. The molecule has 3 aromatic heterocycles. The molecule has 0 saturated carbocycles. The summed E-state index contributed by atoms with van der Waals surface area (Å²) < 4.78 is 4.92. The molecule has 268 valence electrons. The molecule has 1 aliphatic carbocycles. The highest BCUT2D eigenvalue weighted by Crippen LogP contribution is 2.51. The van der Waals surface area contributed by atoms with E-state index in [1.807, 2.05) is 36.4 Å². The van der Waals surface area contributed by atoms with Crippen LogP contribution in [0.3, 0.4) is 0 Å². The summed E-state index contributed by atoms with van der Waals surface area (Å²) in [5.41, 5.74) is 12.5. The van der Waals surface area contributed by atoms with Gasteiger partial charge in [0.2, 0.25) is 0 Å². The first kappa shape index (κ1) is 31.3. The third-order valence-electron chi connectivity index (χ3n) is 12.1. The molecule has 1 aliphatic rings. The lowest BCUT2D eigenvalue weighted by Crippen LogP contribution is -2.01. The van der Waals surface area contributed by atoms with Crippen LogP contribution in [0.25, 0.3) is 122 Å². The molecule has 0 unspecified atom stereocenters. The molecule has 0 saturated heterocycles. The SMILES string of the molecule is c1ccc(-c2nc(-c3ccccc3)nc(-c3cccc4c(-n5c6cccc7c6c6c8c(ccc9c8c8c-7cccc8n9-c7ccccc7)ccc65)cccc34)n2)cc1. The van der Waals surface area contributed by atoms with Crippen LogP contribution in [0.5, 0.6) is 0 Å². The molecule has 0 aliphatic heterocycles. The Balaban J connectivity index is 1.11. The monoisotopic (exact) mass is 737 g/mol. The van der Waals surface area contributed by atoms with Crippen molar-refractivity contribution in [2.75, 3.05) is 0 Å². The van der Waals surface area contributed by atoms with Gasteiger partial charge in [0, 0.05) is 54.7 Å². The minimum absolute atomic E-state index is 0.645. The van der Waals surface area contributed by atoms with Crippen molar-refractivity contribution in [3.05, 3.63) is 188 Å². The Kier molecular flexibility index (Phi) is 6.38. The van der Waals surface area contributed by atoms with Crippen molar-refractivity contribution in [3.63, 3.8) is 0 Å². The number of hydrogen-bond acceptors (Lipinski definition) is 3. The van der Waals surface area contributed by atoms with Crippen molar-refractivity contribution >= 4 is 65.2 Å². The Morgan fingerprint density at radius 1 is 0.293 bits per heavy atom. The highest BCUT2D eigenvalue weighted by Gasteiger charge is 2.27. The Labute approximate surface area is 332 Å². The van der Waals surface area contributed by atoms with Crippen LogP contribution in [0.2, 0.25) is 0 Å². The van der Waals surface area contributed by atoms with Gasteiger partial charge in [-0.2, -0.15) is 0 Å². The Bertz CT molecular complexity index is 3600. The van der Waals surface area contributed by atoms with Crippen molar-refractivity contribution in [1.29, 1.82) is 0 Å². The van der Waals surface area contributed by atoms with Crippen LogP contribution in [0.1, 0.15) is 0 Å². The number of benzene rings is 9. The number of fused-ring (bicyclic) bond motifs is 2. The Morgan fingerprint density at radius 2 is 0.776 bits per heavy atom. The predicted molar refractivity (Wildman–Crippen MR) is 239 cm³/mol. The van der Waals surface area contributed by atoms with Gasteiger partial charge in [0.25, 0.3) is 0 Å². The molecule has 0 atom stereocenters. The minimum Gasteiger partial charge on any atom is -0.309 e. The van der Waals surface area contributed by atoms with Crippen molar-refractivity contribution in [2.45, 2.75) is 0 Å². The van der Waals surface area contributed by atoms with Gasteiger partial charge in [-0.25, -0.2) is 15.0 Å². The highest BCUT2D eigenvalue weighted by atomic mass is 15.0. The van der Waals surface area contributed by atoms with Crippen molar-refractivity contribution < 1.29 is 0 Å². The van der Waals surface area contributed by atoms with Gasteiger partial charge in [-0.3, -0.25) is 0 Å². The van der Waals surface area contributed by atoms with Crippen molar-refractivity contribution in [2.24, 2.45) is 0 Å². The fraction of sp³-hybridized carbons (Fsp3) is 0. The molecule has 3 heterocycles. The zero-order chi connectivity index (χ0) is 37.9. The first-order valence-corrected chi connectivity index (χ1v) is 19.7. The molecule has 0 bridgehead atoms. The molecular formula is C53H31N5. The normalized spacial score (nSPS) is 12.1. The number of hydrogen-bond donors (Lipinski definition) is 0. The molecule has 13 rings (SSSR count). The molecule has 5 heteroatoms. The molecule has 0 amide bonds. The first-order valence-electron chi connectivity index (χ1n) is 19.7. The van der Waals surface area contributed by atoms with Gasteiger partial charge in [0.15, 0.2) is 17.5 Å². The average Bonchev–Trinajstić information content (AvgIpc) is 3.78. The summed E-state index contributed by atoms with van der Waals surface area (Å²) in [6.45, 7) is 0. The fourth-order valence-electron chi connectivity index (χ4n) is 9.69. The Morgan fingerprint density at radius 3 is 1.41 bits per heavy atom. The van der Waals surface area contributed by atoms with Gasteiger partial charge < -0.3 is 9.13 Å². The van der Waals surface area contributed by atoms with Crippen LogP contribution in [0, 0.1) is 0 Å². The van der Waals surface area contributed by atoms with Crippen LogP contribution in [-0.2, 0) is 0 Å².